The number of amides is 1. The van der Waals surface area contributed by atoms with Crippen molar-refractivity contribution < 1.29 is 23.2 Å². The molecule has 0 saturated carbocycles. The van der Waals surface area contributed by atoms with Crippen LogP contribution in [0.1, 0.15) is 40.0 Å². The van der Waals surface area contributed by atoms with Gasteiger partial charge in [0.25, 0.3) is 0 Å². The van der Waals surface area contributed by atoms with Gasteiger partial charge in [-0.05, 0) is 38.0 Å². The number of ether oxygens (including phenoxy) is 1. The number of carbonyl (C=O) groups excluding carboxylic acids is 1. The minimum absolute atomic E-state index is 0.159. The van der Waals surface area contributed by atoms with E-state index in [2.05, 4.69) is 11.8 Å². The predicted octanol–water partition coefficient (Wildman–Crippen LogP) is 1.24. The lowest BCUT2D eigenvalue weighted by atomic mass is 9.98. The second kappa shape index (κ2) is 10.8. The third-order valence-corrected chi connectivity index (χ3v) is 6.30. The second-order valence-electron chi connectivity index (χ2n) is 6.87. The maximum absolute atomic E-state index is 12.6. The molecular weight excluding hydrogens is 344 g/mol. The van der Waals surface area contributed by atoms with Gasteiger partial charge in [0.05, 0.1) is 18.3 Å². The minimum atomic E-state index is -3.54. The van der Waals surface area contributed by atoms with Gasteiger partial charge in [-0.25, -0.2) is 18.2 Å². The fourth-order valence-electron chi connectivity index (χ4n) is 2.97. The maximum atomic E-state index is 12.6. The van der Waals surface area contributed by atoms with Gasteiger partial charge in [-0.2, -0.15) is 0 Å². The standard InChI is InChI=1S/C17H30N2O5S/c1-4-5-10-24-12-15-6-8-19(9-7-15)25(22,23)13-16(11-14(2)3)17(20)18-21/h14-16,21H,6-13H2,1-3H3,(H,18,20). The number of hydrogen-bond donors (Lipinski definition) is 2. The van der Waals surface area contributed by atoms with Gasteiger partial charge in [-0.15, -0.1) is 5.92 Å². The first-order valence-corrected chi connectivity index (χ1v) is 10.3. The molecule has 25 heavy (non-hydrogen) atoms. The summed E-state index contributed by atoms with van der Waals surface area (Å²) in [5, 5.41) is 8.85. The molecule has 0 radical (unpaired) electrons. The van der Waals surface area contributed by atoms with Gasteiger partial charge in [0.15, 0.2) is 0 Å². The molecule has 2 N–H and O–H groups in total. The van der Waals surface area contributed by atoms with Crippen molar-refractivity contribution in [2.45, 2.75) is 40.0 Å². The summed E-state index contributed by atoms with van der Waals surface area (Å²) in [6.07, 6.45) is 1.88. The van der Waals surface area contributed by atoms with Crippen LogP contribution in [0, 0.1) is 29.6 Å². The van der Waals surface area contributed by atoms with Crippen molar-refractivity contribution in [1.29, 1.82) is 0 Å². The number of hydroxylamine groups is 1. The number of piperidine rings is 1. The van der Waals surface area contributed by atoms with Crippen LogP contribution in [0.2, 0.25) is 0 Å². The molecule has 1 heterocycles. The highest BCUT2D eigenvalue weighted by molar-refractivity contribution is 7.89. The molecule has 0 bridgehead atoms. The van der Waals surface area contributed by atoms with Crippen molar-refractivity contribution >= 4 is 15.9 Å². The Morgan fingerprint density at radius 2 is 2.00 bits per heavy atom. The van der Waals surface area contributed by atoms with Crippen molar-refractivity contribution in [2.24, 2.45) is 17.8 Å². The monoisotopic (exact) mass is 374 g/mol. The van der Waals surface area contributed by atoms with Crippen LogP contribution >= 0.6 is 0 Å². The molecule has 1 rings (SSSR count). The van der Waals surface area contributed by atoms with Gasteiger partial charge in [0, 0.05) is 13.1 Å². The highest BCUT2D eigenvalue weighted by atomic mass is 32.2. The van der Waals surface area contributed by atoms with E-state index in [1.165, 1.54) is 4.31 Å². The molecule has 1 unspecified atom stereocenters. The summed E-state index contributed by atoms with van der Waals surface area (Å²) in [4.78, 5) is 11.8. The number of nitrogens with one attached hydrogen (secondary N) is 1. The molecule has 1 atom stereocenters. The van der Waals surface area contributed by atoms with E-state index in [0.29, 0.717) is 38.6 Å². The van der Waals surface area contributed by atoms with Crippen molar-refractivity contribution in [3.8, 4) is 11.8 Å². The molecule has 0 spiro atoms. The van der Waals surface area contributed by atoms with Gasteiger partial charge in [0.1, 0.15) is 6.61 Å². The molecule has 1 aliphatic rings. The van der Waals surface area contributed by atoms with E-state index in [4.69, 9.17) is 9.94 Å². The lowest BCUT2D eigenvalue weighted by Crippen LogP contribution is -2.44. The van der Waals surface area contributed by atoms with Crippen LogP contribution in [0.25, 0.3) is 0 Å². The Labute approximate surface area is 151 Å². The fourth-order valence-corrected chi connectivity index (χ4v) is 4.75. The van der Waals surface area contributed by atoms with Crippen molar-refractivity contribution in [3.63, 3.8) is 0 Å². The topological polar surface area (TPSA) is 95.9 Å². The Hall–Kier alpha value is -1.14. The van der Waals surface area contributed by atoms with Crippen LogP contribution in [0.3, 0.4) is 0 Å². The summed E-state index contributed by atoms with van der Waals surface area (Å²) in [5.74, 6) is 4.43. The SMILES string of the molecule is CC#CCOCC1CCN(S(=O)(=O)CC(CC(C)C)C(=O)NO)CC1. The number of hydrogen-bond acceptors (Lipinski definition) is 5. The highest BCUT2D eigenvalue weighted by Gasteiger charge is 2.33. The summed E-state index contributed by atoms with van der Waals surface area (Å²) in [5.41, 5.74) is 1.59. The Kier molecular flexibility index (Phi) is 9.43. The lowest BCUT2D eigenvalue weighted by molar-refractivity contribution is -0.133. The maximum Gasteiger partial charge on any atom is 0.247 e. The number of sulfonamides is 1. The van der Waals surface area contributed by atoms with Gasteiger partial charge >= 0.3 is 0 Å². The third-order valence-electron chi connectivity index (χ3n) is 4.32. The van der Waals surface area contributed by atoms with Crippen LogP contribution in [0.4, 0.5) is 0 Å². The first-order valence-electron chi connectivity index (χ1n) is 8.69. The van der Waals surface area contributed by atoms with E-state index in [1.54, 1.807) is 12.4 Å². The summed E-state index contributed by atoms with van der Waals surface area (Å²) >= 11 is 0. The normalized spacial score (nSPS) is 17.8. The molecule has 8 heteroatoms. The fraction of sp³-hybridized carbons (Fsp3) is 0.824. The second-order valence-corrected chi connectivity index (χ2v) is 8.88. The van der Waals surface area contributed by atoms with E-state index in [0.717, 1.165) is 12.8 Å². The zero-order chi connectivity index (χ0) is 18.9. The molecule has 0 aromatic heterocycles. The zero-order valence-corrected chi connectivity index (χ0v) is 16.1. The zero-order valence-electron chi connectivity index (χ0n) is 15.3. The van der Waals surface area contributed by atoms with E-state index in [1.807, 2.05) is 13.8 Å². The molecule has 0 aromatic carbocycles. The van der Waals surface area contributed by atoms with Crippen molar-refractivity contribution in [2.75, 3.05) is 32.1 Å². The first-order chi connectivity index (χ1) is 11.8. The predicted molar refractivity (Wildman–Crippen MR) is 95.2 cm³/mol. The Morgan fingerprint density at radius 3 is 2.52 bits per heavy atom. The average Bonchev–Trinajstić information content (AvgIpc) is 2.57. The molecular formula is C17H30N2O5S. The molecule has 7 nitrogen and oxygen atoms in total. The molecule has 1 saturated heterocycles. The molecule has 1 aliphatic heterocycles. The van der Waals surface area contributed by atoms with E-state index >= 15 is 0 Å². The Morgan fingerprint density at radius 1 is 1.36 bits per heavy atom. The first kappa shape index (κ1) is 21.9. The summed E-state index contributed by atoms with van der Waals surface area (Å²) in [6.45, 7) is 7.46. The van der Waals surface area contributed by atoms with Crippen LogP contribution in [-0.2, 0) is 19.6 Å². The third kappa shape index (κ3) is 7.74. The van der Waals surface area contributed by atoms with E-state index < -0.39 is 21.8 Å². The van der Waals surface area contributed by atoms with Crippen LogP contribution < -0.4 is 5.48 Å². The van der Waals surface area contributed by atoms with Crippen LogP contribution in [0.15, 0.2) is 0 Å². The smallest absolute Gasteiger partial charge is 0.247 e. The van der Waals surface area contributed by atoms with Crippen molar-refractivity contribution in [3.05, 3.63) is 0 Å². The molecule has 1 amide bonds. The lowest BCUT2D eigenvalue weighted by Gasteiger charge is -2.32. The van der Waals surface area contributed by atoms with Crippen LogP contribution in [0.5, 0.6) is 0 Å². The van der Waals surface area contributed by atoms with Gasteiger partial charge in [0.2, 0.25) is 15.9 Å². The molecule has 144 valence electrons. The molecule has 0 aliphatic carbocycles. The minimum Gasteiger partial charge on any atom is -0.368 e. The Bertz CT molecular complexity index is 572. The number of rotatable bonds is 9. The molecule has 1 fully saturated rings. The highest BCUT2D eigenvalue weighted by Crippen LogP contribution is 2.23. The summed E-state index contributed by atoms with van der Waals surface area (Å²) < 4.78 is 32.2. The largest absolute Gasteiger partial charge is 0.368 e. The van der Waals surface area contributed by atoms with Gasteiger partial charge in [-0.1, -0.05) is 19.8 Å². The Balaban J connectivity index is 2.55. The average molecular weight is 375 g/mol. The summed E-state index contributed by atoms with van der Waals surface area (Å²) in [6, 6.07) is 0. The van der Waals surface area contributed by atoms with Gasteiger partial charge < -0.3 is 4.74 Å². The number of nitrogens with zero attached hydrogens (tertiary/aromatic N) is 1. The van der Waals surface area contributed by atoms with Crippen molar-refractivity contribution in [1.82, 2.24) is 9.79 Å². The van der Waals surface area contributed by atoms with E-state index in [9.17, 15) is 13.2 Å². The quantitative estimate of drug-likeness (QED) is 0.274. The molecule has 0 aromatic rings. The van der Waals surface area contributed by atoms with E-state index in [-0.39, 0.29) is 11.7 Å². The number of carbonyl (C=O) groups is 1. The van der Waals surface area contributed by atoms with Crippen LogP contribution in [-0.4, -0.2) is 55.9 Å². The summed E-state index contributed by atoms with van der Waals surface area (Å²) in [7, 11) is -3.54. The van der Waals surface area contributed by atoms with Gasteiger partial charge in [-0.3, -0.25) is 10.0 Å².